The standard InChI is InChI=1S/C17H27N3O2/c1-12-9-19(10-13(2)20(12)16(22)11-21)15-7-6-14(8-18-15)17(3,4)5/h6-8,12-13,21H,9-11H2,1-5H3/t12-,13+. The lowest BCUT2D eigenvalue weighted by atomic mass is 9.88. The topological polar surface area (TPSA) is 56.7 Å². The van der Waals surface area contributed by atoms with Crippen LogP contribution in [0.3, 0.4) is 0 Å². The molecule has 22 heavy (non-hydrogen) atoms. The molecule has 1 aromatic rings. The molecule has 5 heteroatoms. The molecule has 1 aliphatic rings. The van der Waals surface area contributed by atoms with Gasteiger partial charge in [-0.05, 0) is 30.9 Å². The molecule has 1 aliphatic heterocycles. The number of amides is 1. The molecule has 1 saturated heterocycles. The number of anilines is 1. The monoisotopic (exact) mass is 305 g/mol. The molecule has 0 bridgehead atoms. The van der Waals surface area contributed by atoms with Gasteiger partial charge >= 0.3 is 0 Å². The van der Waals surface area contributed by atoms with Crippen molar-refractivity contribution in [1.82, 2.24) is 9.88 Å². The smallest absolute Gasteiger partial charge is 0.248 e. The van der Waals surface area contributed by atoms with E-state index in [2.05, 4.69) is 42.8 Å². The highest BCUT2D eigenvalue weighted by Gasteiger charge is 2.32. The molecule has 0 aliphatic carbocycles. The van der Waals surface area contributed by atoms with E-state index in [1.54, 1.807) is 4.90 Å². The SMILES string of the molecule is C[C@@H]1CN(c2ccc(C(C)(C)C)cn2)C[C@H](C)N1C(=O)CO. The Morgan fingerprint density at radius 2 is 1.86 bits per heavy atom. The lowest BCUT2D eigenvalue weighted by molar-refractivity contribution is -0.139. The van der Waals surface area contributed by atoms with E-state index in [1.165, 1.54) is 5.56 Å². The van der Waals surface area contributed by atoms with Gasteiger partial charge in [0.2, 0.25) is 5.91 Å². The van der Waals surface area contributed by atoms with Crippen LogP contribution in [-0.4, -0.2) is 52.7 Å². The maximum Gasteiger partial charge on any atom is 0.248 e. The average Bonchev–Trinajstić information content (AvgIpc) is 2.45. The van der Waals surface area contributed by atoms with Crippen molar-refractivity contribution in [2.45, 2.75) is 52.1 Å². The minimum atomic E-state index is -0.423. The maximum absolute atomic E-state index is 11.8. The zero-order chi connectivity index (χ0) is 16.5. The lowest BCUT2D eigenvalue weighted by Gasteiger charge is -2.44. The number of aliphatic hydroxyl groups excluding tert-OH is 1. The van der Waals surface area contributed by atoms with Crippen molar-refractivity contribution >= 4 is 11.7 Å². The third-order valence-corrected chi connectivity index (χ3v) is 4.28. The summed E-state index contributed by atoms with van der Waals surface area (Å²) in [7, 11) is 0. The second-order valence-corrected chi connectivity index (χ2v) is 7.22. The van der Waals surface area contributed by atoms with Gasteiger partial charge in [-0.15, -0.1) is 0 Å². The van der Waals surface area contributed by atoms with Crippen molar-refractivity contribution in [3.8, 4) is 0 Å². The summed E-state index contributed by atoms with van der Waals surface area (Å²) >= 11 is 0. The van der Waals surface area contributed by atoms with Crippen molar-refractivity contribution in [3.05, 3.63) is 23.9 Å². The molecule has 0 spiro atoms. The summed E-state index contributed by atoms with van der Waals surface area (Å²) in [5.74, 6) is 0.749. The van der Waals surface area contributed by atoms with Crippen LogP contribution < -0.4 is 4.90 Å². The number of hydrogen-bond donors (Lipinski definition) is 1. The highest BCUT2D eigenvalue weighted by atomic mass is 16.3. The minimum absolute atomic E-state index is 0.0625. The van der Waals surface area contributed by atoms with E-state index in [1.807, 2.05) is 20.0 Å². The third kappa shape index (κ3) is 3.40. The van der Waals surface area contributed by atoms with Crippen LogP contribution in [0.4, 0.5) is 5.82 Å². The second-order valence-electron chi connectivity index (χ2n) is 7.22. The van der Waals surface area contributed by atoms with E-state index in [-0.39, 0.29) is 23.4 Å². The van der Waals surface area contributed by atoms with Gasteiger partial charge in [0, 0.05) is 31.4 Å². The molecular weight excluding hydrogens is 278 g/mol. The van der Waals surface area contributed by atoms with Gasteiger partial charge in [0.25, 0.3) is 0 Å². The summed E-state index contributed by atoms with van der Waals surface area (Å²) in [4.78, 5) is 20.4. The predicted molar refractivity (Wildman–Crippen MR) is 88.0 cm³/mol. The van der Waals surface area contributed by atoms with E-state index in [0.717, 1.165) is 18.9 Å². The molecular formula is C17H27N3O2. The van der Waals surface area contributed by atoms with Crippen LogP contribution in [0.15, 0.2) is 18.3 Å². The number of carbonyl (C=O) groups excluding carboxylic acids is 1. The first kappa shape index (κ1) is 16.7. The van der Waals surface area contributed by atoms with Crippen LogP contribution in [0.1, 0.15) is 40.2 Å². The molecule has 1 aromatic heterocycles. The first-order valence-corrected chi connectivity index (χ1v) is 7.87. The molecule has 1 N–H and O–H groups in total. The summed E-state index contributed by atoms with van der Waals surface area (Å²) in [6, 6.07) is 4.31. The van der Waals surface area contributed by atoms with E-state index in [4.69, 9.17) is 5.11 Å². The Kier molecular flexibility index (Phi) is 4.75. The van der Waals surface area contributed by atoms with Crippen LogP contribution in [0.2, 0.25) is 0 Å². The molecule has 0 unspecified atom stereocenters. The van der Waals surface area contributed by atoms with Crippen LogP contribution in [-0.2, 0) is 10.2 Å². The molecule has 2 rings (SSSR count). The third-order valence-electron chi connectivity index (χ3n) is 4.28. The van der Waals surface area contributed by atoms with E-state index in [0.29, 0.717) is 0 Å². The van der Waals surface area contributed by atoms with Gasteiger partial charge in [0.1, 0.15) is 12.4 Å². The van der Waals surface area contributed by atoms with Crippen molar-refractivity contribution in [2.75, 3.05) is 24.6 Å². The fourth-order valence-electron chi connectivity index (χ4n) is 3.10. The molecule has 2 atom stereocenters. The number of rotatable bonds is 2. The van der Waals surface area contributed by atoms with Gasteiger partial charge in [-0.3, -0.25) is 4.79 Å². The number of aliphatic hydroxyl groups is 1. The van der Waals surface area contributed by atoms with E-state index < -0.39 is 6.61 Å². The fraction of sp³-hybridized carbons (Fsp3) is 0.647. The summed E-state index contributed by atoms with van der Waals surface area (Å²) in [5, 5.41) is 9.10. The Balaban J connectivity index is 2.13. The van der Waals surface area contributed by atoms with Gasteiger partial charge in [0.15, 0.2) is 0 Å². The van der Waals surface area contributed by atoms with Gasteiger partial charge in [-0.2, -0.15) is 0 Å². The fourth-order valence-corrected chi connectivity index (χ4v) is 3.10. The number of pyridine rings is 1. The summed E-state index contributed by atoms with van der Waals surface area (Å²) in [5.41, 5.74) is 1.31. The highest BCUT2D eigenvalue weighted by molar-refractivity contribution is 5.78. The zero-order valence-electron chi connectivity index (χ0n) is 14.2. The van der Waals surface area contributed by atoms with Crippen molar-refractivity contribution in [1.29, 1.82) is 0 Å². The molecule has 122 valence electrons. The van der Waals surface area contributed by atoms with Gasteiger partial charge in [0.05, 0.1) is 0 Å². The molecule has 0 aromatic carbocycles. The van der Waals surface area contributed by atoms with E-state index >= 15 is 0 Å². The normalized spacial score (nSPS) is 22.8. The molecule has 2 heterocycles. The van der Waals surface area contributed by atoms with Crippen molar-refractivity contribution < 1.29 is 9.90 Å². The molecule has 1 fully saturated rings. The van der Waals surface area contributed by atoms with Gasteiger partial charge in [-0.1, -0.05) is 26.8 Å². The Hall–Kier alpha value is -1.62. The highest BCUT2D eigenvalue weighted by Crippen LogP contribution is 2.25. The summed E-state index contributed by atoms with van der Waals surface area (Å²) in [6.07, 6.45) is 1.94. The summed E-state index contributed by atoms with van der Waals surface area (Å²) < 4.78 is 0. The van der Waals surface area contributed by atoms with Crippen LogP contribution in [0.5, 0.6) is 0 Å². The zero-order valence-corrected chi connectivity index (χ0v) is 14.2. The second kappa shape index (κ2) is 6.24. The number of piperazine rings is 1. The first-order chi connectivity index (χ1) is 10.2. The lowest BCUT2D eigenvalue weighted by Crippen LogP contribution is -2.59. The van der Waals surface area contributed by atoms with Crippen LogP contribution in [0, 0.1) is 0 Å². The van der Waals surface area contributed by atoms with Crippen LogP contribution >= 0.6 is 0 Å². The Morgan fingerprint density at radius 3 is 2.27 bits per heavy atom. The molecule has 5 nitrogen and oxygen atoms in total. The Morgan fingerprint density at radius 1 is 1.27 bits per heavy atom. The summed E-state index contributed by atoms with van der Waals surface area (Å²) in [6.45, 7) is 11.6. The van der Waals surface area contributed by atoms with Crippen molar-refractivity contribution in [3.63, 3.8) is 0 Å². The molecule has 0 radical (unpaired) electrons. The Bertz CT molecular complexity index is 510. The minimum Gasteiger partial charge on any atom is -0.387 e. The largest absolute Gasteiger partial charge is 0.387 e. The number of aromatic nitrogens is 1. The average molecular weight is 305 g/mol. The number of hydrogen-bond acceptors (Lipinski definition) is 4. The number of nitrogens with zero attached hydrogens (tertiary/aromatic N) is 3. The van der Waals surface area contributed by atoms with Crippen molar-refractivity contribution in [2.24, 2.45) is 0 Å². The molecule has 0 saturated carbocycles. The number of carbonyl (C=O) groups is 1. The quantitative estimate of drug-likeness (QED) is 0.905. The van der Waals surface area contributed by atoms with E-state index in [9.17, 15) is 4.79 Å². The van der Waals surface area contributed by atoms with Gasteiger partial charge < -0.3 is 14.9 Å². The van der Waals surface area contributed by atoms with Gasteiger partial charge in [-0.25, -0.2) is 4.98 Å². The van der Waals surface area contributed by atoms with Crippen LogP contribution in [0.25, 0.3) is 0 Å². The maximum atomic E-state index is 11.8. The predicted octanol–water partition coefficient (Wildman–Crippen LogP) is 1.80. The molecule has 1 amide bonds. The first-order valence-electron chi connectivity index (χ1n) is 7.87. The Labute approximate surface area is 132 Å².